The topological polar surface area (TPSA) is 107 Å². The van der Waals surface area contributed by atoms with Crippen molar-refractivity contribution in [3.63, 3.8) is 0 Å². The maximum absolute atomic E-state index is 11.0. The van der Waals surface area contributed by atoms with Crippen LogP contribution in [0.4, 0.5) is 13.2 Å². The minimum atomic E-state index is -5.08. The van der Waals surface area contributed by atoms with E-state index in [0.29, 0.717) is 0 Å². The SMILES string of the molecule is Cc1ccc(S(=O)(=O)ON)cc1.O=C(O)C(F)(F)F. The lowest BCUT2D eigenvalue weighted by molar-refractivity contribution is -0.192. The average molecular weight is 301 g/mol. The molecule has 10 heteroatoms. The van der Waals surface area contributed by atoms with E-state index in [-0.39, 0.29) is 4.90 Å². The Labute approximate surface area is 106 Å². The second-order valence-corrected chi connectivity index (χ2v) is 4.74. The molecule has 1 rings (SSSR count). The van der Waals surface area contributed by atoms with Gasteiger partial charge in [-0.2, -0.15) is 31.8 Å². The molecule has 0 atom stereocenters. The summed E-state index contributed by atoms with van der Waals surface area (Å²) in [7, 11) is -3.74. The number of nitrogens with two attached hydrogens (primary N) is 1. The minimum absolute atomic E-state index is 0.0654. The minimum Gasteiger partial charge on any atom is -0.475 e. The number of carboxylic acid groups (broad SMARTS) is 1. The number of aryl methyl sites for hydroxylation is 1. The highest BCUT2D eigenvalue weighted by Crippen LogP contribution is 2.13. The van der Waals surface area contributed by atoms with Crippen LogP contribution < -0.4 is 5.90 Å². The second kappa shape index (κ2) is 6.50. The predicted molar refractivity (Wildman–Crippen MR) is 57.3 cm³/mol. The zero-order chi connectivity index (χ0) is 15.3. The molecular formula is C9H10F3NO5S. The van der Waals surface area contributed by atoms with Gasteiger partial charge in [-0.05, 0) is 19.1 Å². The first kappa shape index (κ1) is 17.4. The summed E-state index contributed by atoms with van der Waals surface area (Å²) in [5, 5.41) is 7.12. The molecule has 0 unspecified atom stereocenters. The Kier molecular flexibility index (Phi) is 5.93. The summed E-state index contributed by atoms with van der Waals surface area (Å²) in [5.74, 6) is 1.83. The zero-order valence-electron chi connectivity index (χ0n) is 9.51. The number of carbonyl (C=O) groups is 1. The normalized spacial score (nSPS) is 11.4. The van der Waals surface area contributed by atoms with Gasteiger partial charge in [0.05, 0.1) is 4.90 Å². The lowest BCUT2D eigenvalue weighted by Crippen LogP contribution is -2.21. The van der Waals surface area contributed by atoms with Crippen LogP contribution in [0, 0.1) is 6.92 Å². The fourth-order valence-electron chi connectivity index (χ4n) is 0.760. The number of halogens is 3. The summed E-state index contributed by atoms with van der Waals surface area (Å²) in [6.07, 6.45) is -5.08. The predicted octanol–water partition coefficient (Wildman–Crippen LogP) is 1.21. The van der Waals surface area contributed by atoms with E-state index in [1.807, 2.05) is 6.92 Å². The van der Waals surface area contributed by atoms with Crippen LogP contribution in [0.2, 0.25) is 0 Å². The van der Waals surface area contributed by atoms with Crippen molar-refractivity contribution in [2.45, 2.75) is 18.0 Å². The van der Waals surface area contributed by atoms with Gasteiger partial charge in [0, 0.05) is 0 Å². The summed E-state index contributed by atoms with van der Waals surface area (Å²) in [5.41, 5.74) is 0.978. The van der Waals surface area contributed by atoms with Gasteiger partial charge >= 0.3 is 22.3 Å². The Balaban J connectivity index is 0.000000399. The van der Waals surface area contributed by atoms with Crippen LogP contribution >= 0.6 is 0 Å². The van der Waals surface area contributed by atoms with Gasteiger partial charge in [-0.3, -0.25) is 0 Å². The highest BCUT2D eigenvalue weighted by molar-refractivity contribution is 7.86. The molecule has 0 heterocycles. The van der Waals surface area contributed by atoms with Gasteiger partial charge in [-0.1, -0.05) is 17.7 Å². The number of benzene rings is 1. The van der Waals surface area contributed by atoms with Gasteiger partial charge in [-0.25, -0.2) is 4.79 Å². The largest absolute Gasteiger partial charge is 0.490 e. The van der Waals surface area contributed by atoms with Crippen LogP contribution in [0.1, 0.15) is 5.56 Å². The maximum atomic E-state index is 11.0. The summed E-state index contributed by atoms with van der Waals surface area (Å²) < 4.78 is 57.5. The van der Waals surface area contributed by atoms with Gasteiger partial charge in [0.15, 0.2) is 0 Å². The molecule has 19 heavy (non-hydrogen) atoms. The standard InChI is InChI=1S/C7H9NO3S.C2HF3O2/c1-6-2-4-7(5-3-6)12(9,10)11-8;3-2(4,5)1(6)7/h2-5H,8H2,1H3;(H,6,7). The molecule has 0 aliphatic rings. The molecule has 0 aliphatic carbocycles. The number of hydrogen-bond acceptors (Lipinski definition) is 5. The molecule has 0 radical (unpaired) electrons. The molecule has 0 bridgehead atoms. The van der Waals surface area contributed by atoms with Gasteiger partial charge in [0.25, 0.3) is 0 Å². The Hall–Kier alpha value is -1.65. The molecule has 108 valence electrons. The Morgan fingerprint density at radius 2 is 1.63 bits per heavy atom. The first-order chi connectivity index (χ1) is 8.50. The first-order valence-corrected chi connectivity index (χ1v) is 5.91. The number of aliphatic carboxylic acids is 1. The van der Waals surface area contributed by atoms with E-state index < -0.39 is 22.3 Å². The Bertz CT molecular complexity index is 524. The third-order valence-electron chi connectivity index (χ3n) is 1.68. The molecule has 6 nitrogen and oxygen atoms in total. The Morgan fingerprint density at radius 1 is 1.26 bits per heavy atom. The van der Waals surface area contributed by atoms with E-state index in [0.717, 1.165) is 5.56 Å². The molecule has 0 fully saturated rings. The quantitative estimate of drug-likeness (QED) is 0.795. The van der Waals surface area contributed by atoms with Crippen LogP contribution in [0.5, 0.6) is 0 Å². The molecule has 1 aromatic rings. The van der Waals surface area contributed by atoms with Crippen LogP contribution in [-0.2, 0) is 19.2 Å². The van der Waals surface area contributed by atoms with Crippen molar-refractivity contribution in [2.75, 3.05) is 0 Å². The van der Waals surface area contributed by atoms with Gasteiger partial charge < -0.3 is 5.11 Å². The maximum Gasteiger partial charge on any atom is 0.490 e. The van der Waals surface area contributed by atoms with Crippen molar-refractivity contribution >= 4 is 16.1 Å². The van der Waals surface area contributed by atoms with Gasteiger partial charge in [-0.15, -0.1) is 0 Å². The van der Waals surface area contributed by atoms with E-state index in [2.05, 4.69) is 10.2 Å². The van der Waals surface area contributed by atoms with Gasteiger partial charge in [0.2, 0.25) is 0 Å². The third kappa shape index (κ3) is 6.18. The molecule has 0 spiro atoms. The third-order valence-corrected chi connectivity index (χ3v) is 2.78. The molecule has 0 saturated carbocycles. The van der Waals surface area contributed by atoms with Crippen molar-refractivity contribution in [3.05, 3.63) is 29.8 Å². The monoisotopic (exact) mass is 301 g/mol. The van der Waals surface area contributed by atoms with Crippen molar-refractivity contribution in [3.8, 4) is 0 Å². The van der Waals surface area contributed by atoms with Crippen LogP contribution in [-0.4, -0.2) is 25.7 Å². The smallest absolute Gasteiger partial charge is 0.475 e. The number of rotatable bonds is 2. The highest BCUT2D eigenvalue weighted by atomic mass is 32.2. The molecule has 1 aromatic carbocycles. The van der Waals surface area contributed by atoms with Crippen LogP contribution in [0.3, 0.4) is 0 Å². The number of carboxylic acids is 1. The fraction of sp³-hybridized carbons (Fsp3) is 0.222. The molecule has 0 aliphatic heterocycles. The molecular weight excluding hydrogens is 291 g/mol. The van der Waals surface area contributed by atoms with Crippen molar-refractivity contribution < 1.29 is 35.8 Å². The highest BCUT2D eigenvalue weighted by Gasteiger charge is 2.38. The first-order valence-electron chi connectivity index (χ1n) is 4.51. The molecule has 3 N–H and O–H groups in total. The van der Waals surface area contributed by atoms with E-state index >= 15 is 0 Å². The lowest BCUT2D eigenvalue weighted by atomic mass is 10.2. The van der Waals surface area contributed by atoms with Gasteiger partial charge in [0.1, 0.15) is 0 Å². The lowest BCUT2D eigenvalue weighted by Gasteiger charge is -1.99. The summed E-state index contributed by atoms with van der Waals surface area (Å²) in [6.45, 7) is 1.86. The van der Waals surface area contributed by atoms with Crippen LogP contribution in [0.25, 0.3) is 0 Å². The summed E-state index contributed by atoms with van der Waals surface area (Å²) in [6, 6.07) is 6.23. The zero-order valence-corrected chi connectivity index (χ0v) is 10.3. The molecule has 0 amide bonds. The fourth-order valence-corrected chi connectivity index (χ4v) is 1.34. The number of alkyl halides is 3. The average Bonchev–Trinajstić information content (AvgIpc) is 2.29. The molecule has 0 aromatic heterocycles. The number of hydrogen-bond donors (Lipinski definition) is 2. The van der Waals surface area contributed by atoms with Crippen molar-refractivity contribution in [2.24, 2.45) is 5.90 Å². The summed E-state index contributed by atoms with van der Waals surface area (Å²) >= 11 is 0. The van der Waals surface area contributed by atoms with Crippen LogP contribution in [0.15, 0.2) is 29.2 Å². The van der Waals surface area contributed by atoms with E-state index in [1.54, 1.807) is 12.1 Å². The Morgan fingerprint density at radius 3 is 1.89 bits per heavy atom. The second-order valence-electron chi connectivity index (χ2n) is 3.17. The van der Waals surface area contributed by atoms with Crippen molar-refractivity contribution in [1.29, 1.82) is 0 Å². The molecule has 0 saturated heterocycles. The van der Waals surface area contributed by atoms with E-state index in [4.69, 9.17) is 9.90 Å². The summed E-state index contributed by atoms with van der Waals surface area (Å²) in [4.78, 5) is 8.96. The van der Waals surface area contributed by atoms with E-state index in [9.17, 15) is 21.6 Å². The van der Waals surface area contributed by atoms with Crippen molar-refractivity contribution in [1.82, 2.24) is 0 Å². The van der Waals surface area contributed by atoms with E-state index in [1.165, 1.54) is 12.1 Å².